The number of nitrogens with zero attached hydrogens (tertiary/aromatic N) is 2. The molecule has 0 unspecified atom stereocenters. The van der Waals surface area contributed by atoms with Crippen molar-refractivity contribution in [2.24, 2.45) is 5.92 Å². The van der Waals surface area contributed by atoms with E-state index in [1.165, 1.54) is 0 Å². The second-order valence-electron chi connectivity index (χ2n) is 5.23. The number of carbonyl (C=O) groups excluding carboxylic acids is 1. The second-order valence-corrected chi connectivity index (χ2v) is 5.23. The number of rotatable bonds is 5. The van der Waals surface area contributed by atoms with Crippen LogP contribution < -0.4 is 5.32 Å². The average molecular weight is 271 g/mol. The molecule has 1 N–H and O–H groups in total. The Labute approximate surface area is 120 Å². The minimum atomic E-state index is 0.122. The van der Waals surface area contributed by atoms with E-state index in [-0.39, 0.29) is 11.8 Å². The van der Waals surface area contributed by atoms with Crippen molar-refractivity contribution in [1.82, 2.24) is 10.2 Å². The molecule has 2 rings (SSSR count). The second kappa shape index (κ2) is 7.66. The molecule has 0 bridgehead atoms. The molecule has 1 saturated heterocycles. The van der Waals surface area contributed by atoms with Gasteiger partial charge >= 0.3 is 0 Å². The number of carbonyl (C=O) groups is 1. The molecule has 0 saturated carbocycles. The van der Waals surface area contributed by atoms with Gasteiger partial charge in [0, 0.05) is 25.4 Å². The maximum absolute atomic E-state index is 12.1. The molecule has 4 heteroatoms. The van der Waals surface area contributed by atoms with Gasteiger partial charge in [0.25, 0.3) is 0 Å². The van der Waals surface area contributed by atoms with E-state index in [4.69, 9.17) is 5.26 Å². The van der Waals surface area contributed by atoms with Crippen molar-refractivity contribution in [1.29, 1.82) is 5.26 Å². The summed E-state index contributed by atoms with van der Waals surface area (Å²) in [5, 5.41) is 11.6. The van der Waals surface area contributed by atoms with Gasteiger partial charge in [0.2, 0.25) is 5.91 Å². The normalized spacial score (nSPS) is 16.6. The molecular weight excluding hydrogens is 250 g/mol. The summed E-state index contributed by atoms with van der Waals surface area (Å²) in [6.45, 7) is 3.28. The Hall–Kier alpha value is -1.86. The Morgan fingerprint density at radius 3 is 2.65 bits per heavy atom. The Morgan fingerprint density at radius 1 is 1.30 bits per heavy atom. The largest absolute Gasteiger partial charge is 0.352 e. The van der Waals surface area contributed by atoms with Gasteiger partial charge in [-0.25, -0.2) is 0 Å². The molecule has 1 aliphatic rings. The Morgan fingerprint density at radius 2 is 2.00 bits per heavy atom. The van der Waals surface area contributed by atoms with Crippen LogP contribution in [0.2, 0.25) is 0 Å². The number of hydrogen-bond donors (Lipinski definition) is 1. The number of nitriles is 1. The Kier molecular flexibility index (Phi) is 5.57. The monoisotopic (exact) mass is 271 g/mol. The van der Waals surface area contributed by atoms with E-state index < -0.39 is 0 Å². The van der Waals surface area contributed by atoms with Gasteiger partial charge in [0.1, 0.15) is 0 Å². The highest BCUT2D eigenvalue weighted by Gasteiger charge is 2.24. The number of piperidine rings is 1. The zero-order valence-corrected chi connectivity index (χ0v) is 11.7. The van der Waals surface area contributed by atoms with Gasteiger partial charge in [-0.15, -0.1) is 0 Å². The first kappa shape index (κ1) is 14.5. The van der Waals surface area contributed by atoms with Gasteiger partial charge in [0.05, 0.1) is 6.07 Å². The van der Waals surface area contributed by atoms with Crippen LogP contribution in [0.5, 0.6) is 0 Å². The molecule has 0 aromatic heterocycles. The molecule has 1 aromatic carbocycles. The van der Waals surface area contributed by atoms with Crippen molar-refractivity contribution in [3.63, 3.8) is 0 Å². The standard InChI is InChI=1S/C16H21N3O/c17-9-4-10-19-11-7-15(8-12-19)16(20)18-13-14-5-2-1-3-6-14/h1-3,5-6,15H,4,7-8,10-13H2,(H,18,20). The zero-order chi connectivity index (χ0) is 14.2. The molecule has 1 fully saturated rings. The molecule has 1 heterocycles. The number of hydrogen-bond acceptors (Lipinski definition) is 3. The van der Waals surface area contributed by atoms with E-state index >= 15 is 0 Å². The number of likely N-dealkylation sites (tertiary alicyclic amines) is 1. The van der Waals surface area contributed by atoms with Crippen LogP contribution in [0.3, 0.4) is 0 Å². The predicted octanol–water partition coefficient (Wildman–Crippen LogP) is 1.93. The summed E-state index contributed by atoms with van der Waals surface area (Å²) in [5.41, 5.74) is 1.13. The third-order valence-corrected chi connectivity index (χ3v) is 3.81. The van der Waals surface area contributed by atoms with Gasteiger partial charge in [0.15, 0.2) is 0 Å². The molecule has 0 radical (unpaired) electrons. The maximum atomic E-state index is 12.1. The third-order valence-electron chi connectivity index (χ3n) is 3.81. The van der Waals surface area contributed by atoms with Gasteiger partial charge in [-0.3, -0.25) is 4.79 Å². The highest BCUT2D eigenvalue weighted by atomic mass is 16.1. The summed E-state index contributed by atoms with van der Waals surface area (Å²) in [7, 11) is 0. The summed E-state index contributed by atoms with van der Waals surface area (Å²) >= 11 is 0. The predicted molar refractivity (Wildman–Crippen MR) is 77.7 cm³/mol. The van der Waals surface area contributed by atoms with Crippen LogP contribution in [0.15, 0.2) is 30.3 Å². The van der Waals surface area contributed by atoms with Crippen LogP contribution in [0.1, 0.15) is 24.8 Å². The lowest BCUT2D eigenvalue weighted by atomic mass is 9.95. The van der Waals surface area contributed by atoms with Gasteiger partial charge in [-0.2, -0.15) is 5.26 Å². The maximum Gasteiger partial charge on any atom is 0.223 e. The fourth-order valence-electron chi connectivity index (χ4n) is 2.56. The fraction of sp³-hybridized carbons (Fsp3) is 0.500. The Balaban J connectivity index is 1.71. The molecule has 4 nitrogen and oxygen atoms in total. The molecule has 20 heavy (non-hydrogen) atoms. The highest BCUT2D eigenvalue weighted by molar-refractivity contribution is 5.78. The SMILES string of the molecule is N#CCCN1CCC(C(=O)NCc2ccccc2)CC1. The first-order chi connectivity index (χ1) is 9.79. The number of amides is 1. The molecule has 0 spiro atoms. The van der Waals surface area contributed by atoms with Crippen molar-refractivity contribution in [2.45, 2.75) is 25.8 Å². The summed E-state index contributed by atoms with van der Waals surface area (Å²) in [5.74, 6) is 0.283. The van der Waals surface area contributed by atoms with Crippen LogP contribution in [0, 0.1) is 17.2 Å². The van der Waals surface area contributed by atoms with Crippen LogP contribution in [-0.4, -0.2) is 30.4 Å². The summed E-state index contributed by atoms with van der Waals surface area (Å²) in [6.07, 6.45) is 2.36. The highest BCUT2D eigenvalue weighted by Crippen LogP contribution is 2.17. The average Bonchev–Trinajstić information content (AvgIpc) is 2.52. The summed E-state index contributed by atoms with van der Waals surface area (Å²) < 4.78 is 0. The van der Waals surface area contributed by atoms with Crippen LogP contribution >= 0.6 is 0 Å². The van der Waals surface area contributed by atoms with Gasteiger partial charge in [-0.05, 0) is 31.5 Å². The van der Waals surface area contributed by atoms with Crippen molar-refractivity contribution in [3.05, 3.63) is 35.9 Å². The van der Waals surface area contributed by atoms with E-state index in [9.17, 15) is 4.79 Å². The number of nitrogens with one attached hydrogen (secondary N) is 1. The van der Waals surface area contributed by atoms with Gasteiger partial charge < -0.3 is 10.2 Å². The Bertz CT molecular complexity index is 458. The molecule has 0 atom stereocenters. The minimum absolute atomic E-state index is 0.122. The first-order valence-corrected chi connectivity index (χ1v) is 7.20. The zero-order valence-electron chi connectivity index (χ0n) is 11.7. The van der Waals surface area contributed by atoms with E-state index in [2.05, 4.69) is 16.3 Å². The molecule has 106 valence electrons. The lowest BCUT2D eigenvalue weighted by molar-refractivity contribution is -0.126. The quantitative estimate of drug-likeness (QED) is 0.890. The first-order valence-electron chi connectivity index (χ1n) is 7.20. The number of benzene rings is 1. The molecule has 0 aliphatic carbocycles. The fourth-order valence-corrected chi connectivity index (χ4v) is 2.56. The van der Waals surface area contributed by atoms with E-state index in [0.29, 0.717) is 13.0 Å². The lowest BCUT2D eigenvalue weighted by Gasteiger charge is -2.30. The van der Waals surface area contributed by atoms with Crippen LogP contribution in [0.4, 0.5) is 0 Å². The van der Waals surface area contributed by atoms with E-state index in [1.54, 1.807) is 0 Å². The smallest absolute Gasteiger partial charge is 0.223 e. The van der Waals surface area contributed by atoms with Crippen molar-refractivity contribution < 1.29 is 4.79 Å². The van der Waals surface area contributed by atoms with Crippen molar-refractivity contribution in [3.8, 4) is 6.07 Å². The summed E-state index contributed by atoms with van der Waals surface area (Å²) in [6, 6.07) is 12.1. The van der Waals surface area contributed by atoms with E-state index in [1.807, 2.05) is 30.3 Å². The van der Waals surface area contributed by atoms with Crippen LogP contribution in [0.25, 0.3) is 0 Å². The summed E-state index contributed by atoms with van der Waals surface area (Å²) in [4.78, 5) is 14.4. The lowest BCUT2D eigenvalue weighted by Crippen LogP contribution is -2.40. The molecular formula is C16H21N3O. The molecule has 1 amide bonds. The van der Waals surface area contributed by atoms with E-state index in [0.717, 1.165) is 38.0 Å². The topological polar surface area (TPSA) is 56.1 Å². The minimum Gasteiger partial charge on any atom is -0.352 e. The molecule has 1 aromatic rings. The van der Waals surface area contributed by atoms with Gasteiger partial charge in [-0.1, -0.05) is 30.3 Å². The molecule has 1 aliphatic heterocycles. The third kappa shape index (κ3) is 4.36. The van der Waals surface area contributed by atoms with Crippen LogP contribution in [-0.2, 0) is 11.3 Å². The van der Waals surface area contributed by atoms with Crippen molar-refractivity contribution >= 4 is 5.91 Å². The van der Waals surface area contributed by atoms with Crippen molar-refractivity contribution in [2.75, 3.05) is 19.6 Å².